The molecular formula is C22H21F4N3O4. The number of carbonyl (C=O) groups excluding carboxylic acids is 2. The van der Waals surface area contributed by atoms with Crippen molar-refractivity contribution in [2.45, 2.75) is 31.9 Å². The molecule has 1 aliphatic heterocycles. The fourth-order valence-electron chi connectivity index (χ4n) is 3.66. The van der Waals surface area contributed by atoms with Crippen LogP contribution >= 0.6 is 0 Å². The third-order valence-corrected chi connectivity index (χ3v) is 5.62. The zero-order valence-corrected chi connectivity index (χ0v) is 17.9. The van der Waals surface area contributed by atoms with Gasteiger partial charge in [0.1, 0.15) is 6.10 Å². The van der Waals surface area contributed by atoms with Gasteiger partial charge >= 0.3 is 5.97 Å². The number of halogens is 4. The van der Waals surface area contributed by atoms with E-state index in [1.165, 1.54) is 45.2 Å². The molecule has 11 heteroatoms. The van der Waals surface area contributed by atoms with Gasteiger partial charge in [-0.2, -0.15) is 0 Å². The van der Waals surface area contributed by atoms with Crippen LogP contribution in [-0.4, -0.2) is 37.5 Å². The van der Waals surface area contributed by atoms with E-state index in [0.29, 0.717) is 6.07 Å². The van der Waals surface area contributed by atoms with Crippen molar-refractivity contribution in [1.82, 2.24) is 0 Å². The number of aliphatic imine (C=N–C) groups is 1. The number of nitrogens with zero attached hydrogens (tertiary/aromatic N) is 1. The first-order valence-electron chi connectivity index (χ1n) is 9.80. The highest BCUT2D eigenvalue weighted by Crippen LogP contribution is 2.46. The lowest BCUT2D eigenvalue weighted by Crippen LogP contribution is -2.51. The van der Waals surface area contributed by atoms with Gasteiger partial charge in [0, 0.05) is 28.8 Å². The highest BCUT2D eigenvalue weighted by atomic mass is 19.3. The second-order valence-corrected chi connectivity index (χ2v) is 7.53. The van der Waals surface area contributed by atoms with E-state index in [1.54, 1.807) is 0 Å². The number of amides is 1. The van der Waals surface area contributed by atoms with Crippen molar-refractivity contribution in [2.75, 3.05) is 12.4 Å². The molecule has 1 aliphatic rings. The molecule has 1 amide bonds. The predicted molar refractivity (Wildman–Crippen MR) is 111 cm³/mol. The van der Waals surface area contributed by atoms with Gasteiger partial charge in [0.05, 0.1) is 12.7 Å². The predicted octanol–water partition coefficient (Wildman–Crippen LogP) is 3.83. The van der Waals surface area contributed by atoms with Gasteiger partial charge in [-0.25, -0.2) is 27.3 Å². The summed E-state index contributed by atoms with van der Waals surface area (Å²) >= 11 is 0. The first-order chi connectivity index (χ1) is 15.5. The Bertz CT molecular complexity index is 1110. The van der Waals surface area contributed by atoms with Gasteiger partial charge in [-0.1, -0.05) is 6.92 Å². The molecule has 0 spiro atoms. The van der Waals surface area contributed by atoms with Crippen molar-refractivity contribution in [3.8, 4) is 0 Å². The summed E-state index contributed by atoms with van der Waals surface area (Å²) in [7, 11) is 1.20. The maximum atomic E-state index is 14.8. The lowest BCUT2D eigenvalue weighted by Gasteiger charge is -2.41. The Balaban J connectivity index is 2.01. The molecule has 3 N–H and O–H groups in total. The number of hydrogen-bond donors (Lipinski definition) is 2. The Morgan fingerprint density at radius 3 is 2.33 bits per heavy atom. The molecular weight excluding hydrogens is 446 g/mol. The Hall–Kier alpha value is -3.63. The number of nitrogens with one attached hydrogen (secondary N) is 1. The highest BCUT2D eigenvalue weighted by Gasteiger charge is 2.54. The Labute approximate surface area is 186 Å². The van der Waals surface area contributed by atoms with Gasteiger partial charge in [0.2, 0.25) is 0 Å². The van der Waals surface area contributed by atoms with Crippen molar-refractivity contribution in [3.63, 3.8) is 0 Å². The summed E-state index contributed by atoms with van der Waals surface area (Å²) in [5.74, 6) is -5.43. The summed E-state index contributed by atoms with van der Waals surface area (Å²) in [5.41, 5.74) is 2.24. The highest BCUT2D eigenvalue weighted by molar-refractivity contribution is 6.04. The van der Waals surface area contributed by atoms with E-state index in [9.17, 15) is 27.2 Å². The summed E-state index contributed by atoms with van der Waals surface area (Å²) < 4.78 is 67.6. The van der Waals surface area contributed by atoms with Crippen molar-refractivity contribution in [3.05, 3.63) is 64.7 Å². The van der Waals surface area contributed by atoms with E-state index in [2.05, 4.69) is 15.0 Å². The minimum atomic E-state index is -3.26. The molecule has 0 saturated heterocycles. The smallest absolute Gasteiger partial charge is 0.337 e. The van der Waals surface area contributed by atoms with Crippen molar-refractivity contribution >= 4 is 23.6 Å². The first kappa shape index (κ1) is 24.0. The lowest BCUT2D eigenvalue weighted by molar-refractivity contribution is -0.0366. The van der Waals surface area contributed by atoms with Crippen LogP contribution in [0.15, 0.2) is 41.4 Å². The molecule has 1 heterocycles. The number of esters is 1. The maximum absolute atomic E-state index is 14.8. The molecule has 3 atom stereocenters. The second kappa shape index (κ2) is 9.08. The largest absolute Gasteiger partial charge is 0.465 e. The second-order valence-electron chi connectivity index (χ2n) is 7.53. The van der Waals surface area contributed by atoms with E-state index < -0.39 is 59.1 Å². The van der Waals surface area contributed by atoms with Crippen LogP contribution in [0, 0.1) is 17.6 Å². The zero-order chi connectivity index (χ0) is 24.5. The number of amidine groups is 1. The quantitative estimate of drug-likeness (QED) is 0.514. The van der Waals surface area contributed by atoms with Crippen LogP contribution in [0.25, 0.3) is 0 Å². The van der Waals surface area contributed by atoms with Crippen LogP contribution in [0.4, 0.5) is 23.2 Å². The Morgan fingerprint density at radius 2 is 1.76 bits per heavy atom. The summed E-state index contributed by atoms with van der Waals surface area (Å²) in [4.78, 5) is 27.8. The molecule has 1 unspecified atom stereocenters. The standard InChI is InChI=1S/C22H21F4N3O4/c1-10-11(2)33-21(27)29-22(10,20(25)26)15-8-14(9-16(23)17(15)24)28-18(30)12-4-6-13(7-5-12)19(31)32-3/h4-11,20H,1-3H3,(H2,27,29)(H,28,30)/t10-,11?,22-/m1/s1. The van der Waals surface area contributed by atoms with Gasteiger partial charge in [0.15, 0.2) is 17.2 Å². The van der Waals surface area contributed by atoms with E-state index in [0.717, 1.165) is 6.07 Å². The lowest BCUT2D eigenvalue weighted by atomic mass is 9.76. The molecule has 3 rings (SSSR count). The number of nitrogens with two attached hydrogens (primary N) is 1. The summed E-state index contributed by atoms with van der Waals surface area (Å²) in [6.07, 6.45) is -4.13. The average Bonchev–Trinajstić information content (AvgIpc) is 2.77. The van der Waals surface area contributed by atoms with Gasteiger partial charge in [0.25, 0.3) is 18.4 Å². The molecule has 2 aromatic carbocycles. The maximum Gasteiger partial charge on any atom is 0.337 e. The molecule has 2 aromatic rings. The number of alkyl halides is 2. The van der Waals surface area contributed by atoms with E-state index in [4.69, 9.17) is 10.5 Å². The van der Waals surface area contributed by atoms with Crippen LogP contribution in [-0.2, 0) is 15.0 Å². The number of benzene rings is 2. The number of anilines is 1. The first-order valence-corrected chi connectivity index (χ1v) is 9.80. The molecule has 0 bridgehead atoms. The molecule has 0 radical (unpaired) electrons. The van der Waals surface area contributed by atoms with E-state index in [1.807, 2.05) is 0 Å². The van der Waals surface area contributed by atoms with E-state index >= 15 is 0 Å². The van der Waals surface area contributed by atoms with Crippen molar-refractivity contribution in [1.29, 1.82) is 0 Å². The monoisotopic (exact) mass is 467 g/mol. The molecule has 0 saturated carbocycles. The molecule has 0 aromatic heterocycles. The van der Waals surface area contributed by atoms with Crippen LogP contribution in [0.5, 0.6) is 0 Å². The summed E-state index contributed by atoms with van der Waals surface area (Å²) in [6.45, 7) is 2.82. The fraction of sp³-hybridized carbons (Fsp3) is 0.318. The zero-order valence-electron chi connectivity index (χ0n) is 17.9. The van der Waals surface area contributed by atoms with Crippen molar-refractivity contribution in [2.24, 2.45) is 16.6 Å². The van der Waals surface area contributed by atoms with Gasteiger partial charge in [-0.15, -0.1) is 0 Å². The number of rotatable bonds is 5. The van der Waals surface area contributed by atoms with Gasteiger partial charge in [-0.3, -0.25) is 4.79 Å². The number of ether oxygens (including phenoxy) is 2. The number of methoxy groups -OCH3 is 1. The number of hydrogen-bond acceptors (Lipinski definition) is 6. The molecule has 176 valence electrons. The molecule has 0 aliphatic carbocycles. The molecule has 33 heavy (non-hydrogen) atoms. The normalized spacial score (nSPS) is 22.4. The SMILES string of the molecule is COC(=O)c1ccc(C(=O)Nc2cc(F)c(F)c([C@]3(C(F)F)N=C(N)OC(C)[C@H]3C)c2)cc1. The van der Waals surface area contributed by atoms with Gasteiger partial charge in [-0.05, 0) is 37.3 Å². The summed E-state index contributed by atoms with van der Waals surface area (Å²) in [6, 6.07) is 6.29. The molecule has 7 nitrogen and oxygen atoms in total. The van der Waals surface area contributed by atoms with Crippen LogP contribution in [0.3, 0.4) is 0 Å². The molecule has 0 fully saturated rings. The summed E-state index contributed by atoms with van der Waals surface area (Å²) in [5, 5.41) is 2.34. The Kier molecular flexibility index (Phi) is 6.61. The van der Waals surface area contributed by atoms with Crippen LogP contribution in [0.2, 0.25) is 0 Å². The fourth-order valence-corrected chi connectivity index (χ4v) is 3.66. The number of carbonyl (C=O) groups is 2. The minimum absolute atomic E-state index is 0.0767. The van der Waals surface area contributed by atoms with Gasteiger partial charge < -0.3 is 20.5 Å². The minimum Gasteiger partial charge on any atom is -0.465 e. The van der Waals surface area contributed by atoms with Crippen LogP contribution in [0.1, 0.15) is 40.1 Å². The third kappa shape index (κ3) is 4.35. The van der Waals surface area contributed by atoms with E-state index in [-0.39, 0.29) is 16.8 Å². The average molecular weight is 467 g/mol. The van der Waals surface area contributed by atoms with Crippen molar-refractivity contribution < 1.29 is 36.6 Å². The third-order valence-electron chi connectivity index (χ3n) is 5.62. The van der Waals surface area contributed by atoms with Crippen LogP contribution < -0.4 is 11.1 Å². The topological polar surface area (TPSA) is 103 Å². The Morgan fingerprint density at radius 1 is 1.15 bits per heavy atom.